The fourth-order valence-corrected chi connectivity index (χ4v) is 2.19. The Balaban J connectivity index is 2.71. The molecule has 7 heteroatoms. The number of hydrogen-bond acceptors (Lipinski definition) is 5. The van der Waals surface area contributed by atoms with Gasteiger partial charge in [-0.3, -0.25) is 4.79 Å². The Bertz CT molecular complexity index is 779. The number of nitrogens with zero attached hydrogens (tertiary/aromatic N) is 3. The predicted octanol–water partition coefficient (Wildman–Crippen LogP) is 1.86. The van der Waals surface area contributed by atoms with Crippen molar-refractivity contribution in [2.24, 2.45) is 0 Å². The monoisotopic (exact) mass is 290 g/mol. The molecule has 2 rings (SSSR count). The Kier molecular flexibility index (Phi) is 3.77. The maximum atomic E-state index is 14.0. The van der Waals surface area contributed by atoms with E-state index < -0.39 is 11.4 Å². The third kappa shape index (κ3) is 2.26. The van der Waals surface area contributed by atoms with Gasteiger partial charge in [0.1, 0.15) is 17.2 Å². The van der Waals surface area contributed by atoms with Crippen LogP contribution in [0.15, 0.2) is 28.0 Å². The van der Waals surface area contributed by atoms with Crippen molar-refractivity contribution in [2.45, 2.75) is 11.8 Å². The summed E-state index contributed by atoms with van der Waals surface area (Å²) in [5.41, 5.74) is 5.90. The third-order valence-corrected chi connectivity index (χ3v) is 3.61. The Labute approximate surface area is 118 Å². The van der Waals surface area contributed by atoms with E-state index in [1.165, 1.54) is 24.0 Å². The van der Waals surface area contributed by atoms with Crippen LogP contribution >= 0.6 is 11.8 Å². The van der Waals surface area contributed by atoms with Gasteiger partial charge in [0.2, 0.25) is 0 Å². The van der Waals surface area contributed by atoms with Crippen LogP contribution in [0.5, 0.6) is 0 Å². The summed E-state index contributed by atoms with van der Waals surface area (Å²) in [6.07, 6.45) is 3.18. The first-order valence-electron chi connectivity index (χ1n) is 5.62. The number of nitriles is 1. The topological polar surface area (TPSA) is 84.7 Å². The van der Waals surface area contributed by atoms with Gasteiger partial charge in [-0.15, -0.1) is 11.8 Å². The SMILES string of the molecule is CSc1cnn(-c2cc(C)c(C#N)cc2F)c(=O)c1N. The summed E-state index contributed by atoms with van der Waals surface area (Å²) < 4.78 is 14.9. The minimum Gasteiger partial charge on any atom is -0.393 e. The van der Waals surface area contributed by atoms with Crippen LogP contribution in [-0.2, 0) is 0 Å². The van der Waals surface area contributed by atoms with Crippen LogP contribution in [0.4, 0.5) is 10.1 Å². The van der Waals surface area contributed by atoms with Crippen LogP contribution < -0.4 is 11.3 Å². The molecule has 1 heterocycles. The molecule has 1 aromatic carbocycles. The zero-order valence-corrected chi connectivity index (χ0v) is 11.7. The molecule has 0 aliphatic carbocycles. The van der Waals surface area contributed by atoms with Gasteiger partial charge < -0.3 is 5.73 Å². The highest BCUT2D eigenvalue weighted by molar-refractivity contribution is 7.98. The number of nitrogen functional groups attached to an aromatic ring is 1. The van der Waals surface area contributed by atoms with E-state index in [0.717, 1.165) is 10.7 Å². The highest BCUT2D eigenvalue weighted by atomic mass is 32.2. The van der Waals surface area contributed by atoms with E-state index in [4.69, 9.17) is 11.0 Å². The molecule has 5 nitrogen and oxygen atoms in total. The molecule has 0 saturated heterocycles. The normalized spacial score (nSPS) is 10.3. The summed E-state index contributed by atoms with van der Waals surface area (Å²) in [6, 6.07) is 4.37. The van der Waals surface area contributed by atoms with Crippen molar-refractivity contribution in [1.82, 2.24) is 9.78 Å². The Morgan fingerprint density at radius 3 is 2.80 bits per heavy atom. The summed E-state index contributed by atoms with van der Waals surface area (Å²) in [4.78, 5) is 12.6. The molecule has 0 spiro atoms. The lowest BCUT2D eigenvalue weighted by atomic mass is 10.1. The lowest BCUT2D eigenvalue weighted by Crippen LogP contribution is -2.25. The number of benzene rings is 1. The lowest BCUT2D eigenvalue weighted by molar-refractivity contribution is 0.603. The highest BCUT2D eigenvalue weighted by Crippen LogP contribution is 2.20. The average molecular weight is 290 g/mol. The van der Waals surface area contributed by atoms with Crippen molar-refractivity contribution in [3.8, 4) is 11.8 Å². The number of nitrogens with two attached hydrogens (primary N) is 1. The number of aromatic nitrogens is 2. The smallest absolute Gasteiger partial charge is 0.295 e. The first kappa shape index (κ1) is 14.1. The van der Waals surface area contributed by atoms with Crippen LogP contribution in [-0.4, -0.2) is 16.0 Å². The summed E-state index contributed by atoms with van der Waals surface area (Å²) in [5, 5.41) is 12.8. The van der Waals surface area contributed by atoms with E-state index in [2.05, 4.69) is 5.10 Å². The third-order valence-electron chi connectivity index (χ3n) is 2.84. The Morgan fingerprint density at radius 1 is 1.50 bits per heavy atom. The zero-order chi connectivity index (χ0) is 14.9. The molecule has 1 aromatic heterocycles. The molecule has 0 aliphatic rings. The molecule has 0 fully saturated rings. The second-order valence-corrected chi connectivity index (χ2v) is 4.92. The summed E-state index contributed by atoms with van der Waals surface area (Å²) in [7, 11) is 0. The van der Waals surface area contributed by atoms with Gasteiger partial charge in [0.25, 0.3) is 5.56 Å². The number of rotatable bonds is 2. The molecule has 0 unspecified atom stereocenters. The van der Waals surface area contributed by atoms with Gasteiger partial charge in [0, 0.05) is 0 Å². The van der Waals surface area contributed by atoms with Crippen molar-refractivity contribution in [2.75, 3.05) is 12.0 Å². The molecular weight excluding hydrogens is 279 g/mol. The minimum absolute atomic E-state index is 0.0221. The molecular formula is C13H11FN4OS. The molecule has 0 bridgehead atoms. The quantitative estimate of drug-likeness (QED) is 0.853. The van der Waals surface area contributed by atoms with Gasteiger partial charge in [-0.1, -0.05) is 0 Å². The number of halogens is 1. The first-order valence-corrected chi connectivity index (χ1v) is 6.84. The average Bonchev–Trinajstić information content (AvgIpc) is 2.44. The van der Waals surface area contributed by atoms with E-state index >= 15 is 0 Å². The van der Waals surface area contributed by atoms with E-state index in [-0.39, 0.29) is 16.9 Å². The lowest BCUT2D eigenvalue weighted by Gasteiger charge is -2.10. The zero-order valence-electron chi connectivity index (χ0n) is 10.8. The largest absolute Gasteiger partial charge is 0.393 e. The van der Waals surface area contributed by atoms with Gasteiger partial charge in [-0.25, -0.2) is 4.39 Å². The molecule has 2 aromatic rings. The molecule has 0 radical (unpaired) electrons. The van der Waals surface area contributed by atoms with Crippen molar-refractivity contribution >= 4 is 17.4 Å². The van der Waals surface area contributed by atoms with E-state index in [1.807, 2.05) is 6.07 Å². The van der Waals surface area contributed by atoms with Gasteiger partial charge in [-0.05, 0) is 30.9 Å². The van der Waals surface area contributed by atoms with E-state index in [9.17, 15) is 9.18 Å². The standard InChI is InChI=1S/C13H11FN4OS/c1-7-3-10(9(14)4-8(7)5-15)18-13(19)12(16)11(20-2)6-17-18/h3-4,6H,16H2,1-2H3. The predicted molar refractivity (Wildman–Crippen MR) is 75.4 cm³/mol. The number of aryl methyl sites for hydroxylation is 1. The maximum Gasteiger partial charge on any atom is 0.295 e. The first-order chi connectivity index (χ1) is 9.49. The van der Waals surface area contributed by atoms with E-state index in [0.29, 0.717) is 10.5 Å². The van der Waals surface area contributed by atoms with Crippen LogP contribution in [0, 0.1) is 24.1 Å². The van der Waals surface area contributed by atoms with Crippen LogP contribution in [0.1, 0.15) is 11.1 Å². The highest BCUT2D eigenvalue weighted by Gasteiger charge is 2.14. The minimum atomic E-state index is -0.696. The summed E-state index contributed by atoms with van der Waals surface area (Å²) in [6.45, 7) is 1.66. The second kappa shape index (κ2) is 5.35. The van der Waals surface area contributed by atoms with Crippen LogP contribution in [0.25, 0.3) is 5.69 Å². The van der Waals surface area contributed by atoms with Crippen LogP contribution in [0.2, 0.25) is 0 Å². The molecule has 0 aliphatic heterocycles. The van der Waals surface area contributed by atoms with Crippen molar-refractivity contribution < 1.29 is 4.39 Å². The number of thioether (sulfide) groups is 1. The van der Waals surface area contributed by atoms with Crippen molar-refractivity contribution in [3.63, 3.8) is 0 Å². The molecule has 0 atom stereocenters. The number of anilines is 1. The molecule has 0 saturated carbocycles. The fourth-order valence-electron chi connectivity index (χ4n) is 1.73. The Hall–Kier alpha value is -2.33. The van der Waals surface area contributed by atoms with Crippen molar-refractivity contribution in [3.05, 3.63) is 45.6 Å². The van der Waals surface area contributed by atoms with Gasteiger partial charge >= 0.3 is 0 Å². The summed E-state index contributed by atoms with van der Waals surface area (Å²) >= 11 is 1.29. The second-order valence-electron chi connectivity index (χ2n) is 4.07. The molecule has 2 N–H and O–H groups in total. The summed E-state index contributed by atoms with van der Waals surface area (Å²) in [5.74, 6) is -0.696. The molecule has 102 valence electrons. The molecule has 20 heavy (non-hydrogen) atoms. The number of hydrogen-bond donors (Lipinski definition) is 1. The Morgan fingerprint density at radius 2 is 2.20 bits per heavy atom. The molecule has 0 amide bonds. The van der Waals surface area contributed by atoms with E-state index in [1.54, 1.807) is 13.2 Å². The van der Waals surface area contributed by atoms with Gasteiger partial charge in [0.05, 0.1) is 22.7 Å². The fraction of sp³-hybridized carbons (Fsp3) is 0.154. The van der Waals surface area contributed by atoms with Gasteiger partial charge in [0.15, 0.2) is 0 Å². The van der Waals surface area contributed by atoms with Crippen molar-refractivity contribution in [1.29, 1.82) is 5.26 Å². The van der Waals surface area contributed by atoms with Crippen LogP contribution in [0.3, 0.4) is 0 Å². The van der Waals surface area contributed by atoms with Gasteiger partial charge in [-0.2, -0.15) is 15.0 Å². The maximum absolute atomic E-state index is 14.0.